The highest BCUT2D eigenvalue weighted by atomic mass is 16.5. The molecule has 2 unspecified atom stereocenters. The number of pyridine rings is 3. The maximum atomic E-state index is 10.4. The molecule has 0 amide bonds. The molecule has 38 heavy (non-hydrogen) atoms. The molecule has 2 atom stereocenters. The second kappa shape index (κ2) is 9.11. The molecular formula is C29H27N7O2. The molecular weight excluding hydrogens is 478 g/mol. The van der Waals surface area contributed by atoms with Crippen molar-refractivity contribution in [2.45, 2.75) is 25.0 Å². The van der Waals surface area contributed by atoms with Gasteiger partial charge in [0.25, 0.3) is 0 Å². The third kappa shape index (κ3) is 3.92. The Morgan fingerprint density at radius 3 is 2.53 bits per heavy atom. The minimum absolute atomic E-state index is 0.229. The summed E-state index contributed by atoms with van der Waals surface area (Å²) in [7, 11) is 1.64. The highest BCUT2D eigenvalue weighted by Gasteiger charge is 2.44. The number of aromatic nitrogens is 5. The zero-order chi connectivity index (χ0) is 25.6. The lowest BCUT2D eigenvalue weighted by molar-refractivity contribution is -0.00876. The van der Waals surface area contributed by atoms with Crippen LogP contribution in [0.4, 0.5) is 5.82 Å². The first-order valence-corrected chi connectivity index (χ1v) is 12.7. The van der Waals surface area contributed by atoms with Crippen molar-refractivity contribution in [1.29, 1.82) is 0 Å². The smallest absolute Gasteiger partial charge is 0.212 e. The summed E-state index contributed by atoms with van der Waals surface area (Å²) in [6, 6.07) is 18.6. The number of ether oxygens (including phenoxy) is 1. The predicted molar refractivity (Wildman–Crippen MR) is 144 cm³/mol. The number of methoxy groups -OCH3 is 1. The van der Waals surface area contributed by atoms with Gasteiger partial charge in [-0.25, -0.2) is 19.5 Å². The monoisotopic (exact) mass is 505 g/mol. The minimum Gasteiger partial charge on any atom is -0.507 e. The maximum Gasteiger partial charge on any atom is 0.212 e. The van der Waals surface area contributed by atoms with E-state index in [4.69, 9.17) is 9.72 Å². The highest BCUT2D eigenvalue weighted by Crippen LogP contribution is 2.37. The van der Waals surface area contributed by atoms with Crippen LogP contribution in [0, 0.1) is 0 Å². The van der Waals surface area contributed by atoms with E-state index >= 15 is 0 Å². The van der Waals surface area contributed by atoms with Crippen molar-refractivity contribution in [2.24, 2.45) is 0 Å². The average Bonchev–Trinajstić information content (AvgIpc) is 3.45. The Morgan fingerprint density at radius 1 is 0.921 bits per heavy atom. The molecule has 0 spiro atoms. The largest absolute Gasteiger partial charge is 0.507 e. The molecule has 3 fully saturated rings. The number of rotatable bonds is 6. The van der Waals surface area contributed by atoms with Crippen LogP contribution in [-0.2, 0) is 6.54 Å². The van der Waals surface area contributed by atoms with Crippen molar-refractivity contribution in [1.82, 2.24) is 29.5 Å². The van der Waals surface area contributed by atoms with E-state index in [1.54, 1.807) is 24.0 Å². The zero-order valence-electron chi connectivity index (χ0n) is 21.0. The second-order valence-electron chi connectivity index (χ2n) is 9.92. The van der Waals surface area contributed by atoms with E-state index in [1.807, 2.05) is 48.9 Å². The molecule has 9 nitrogen and oxygen atoms in total. The van der Waals surface area contributed by atoms with E-state index in [1.165, 1.54) is 12.0 Å². The van der Waals surface area contributed by atoms with Gasteiger partial charge in [0, 0.05) is 78.6 Å². The Labute approximate surface area is 220 Å². The predicted octanol–water partition coefficient (Wildman–Crippen LogP) is 4.03. The van der Waals surface area contributed by atoms with E-state index < -0.39 is 0 Å². The Kier molecular flexibility index (Phi) is 5.44. The number of piperidine rings is 1. The van der Waals surface area contributed by atoms with Gasteiger partial charge in [0.1, 0.15) is 17.9 Å². The third-order valence-electron chi connectivity index (χ3n) is 7.69. The van der Waals surface area contributed by atoms with Gasteiger partial charge in [-0.1, -0.05) is 24.3 Å². The van der Waals surface area contributed by atoms with Gasteiger partial charge in [-0.2, -0.15) is 5.10 Å². The fourth-order valence-electron chi connectivity index (χ4n) is 5.70. The quantitative estimate of drug-likeness (QED) is 0.370. The summed E-state index contributed by atoms with van der Waals surface area (Å²) in [5.74, 6) is 1.86. The zero-order valence-corrected chi connectivity index (χ0v) is 21.0. The summed E-state index contributed by atoms with van der Waals surface area (Å²) >= 11 is 0. The molecule has 1 N–H and O–H groups in total. The number of hydrogen-bond acceptors (Lipinski definition) is 8. The topological polar surface area (TPSA) is 91.9 Å². The van der Waals surface area contributed by atoms with Crippen LogP contribution in [0.1, 0.15) is 12.0 Å². The van der Waals surface area contributed by atoms with E-state index in [-0.39, 0.29) is 5.75 Å². The number of piperazine rings is 1. The molecule has 5 aromatic rings. The van der Waals surface area contributed by atoms with E-state index in [9.17, 15) is 5.11 Å². The first-order chi connectivity index (χ1) is 18.7. The molecule has 8 rings (SSSR count). The average molecular weight is 506 g/mol. The molecule has 0 aliphatic carbocycles. The lowest BCUT2D eigenvalue weighted by Gasteiger charge is -2.56. The molecule has 4 aromatic heterocycles. The molecule has 3 saturated heterocycles. The summed E-state index contributed by atoms with van der Waals surface area (Å²) in [4.78, 5) is 18.6. The van der Waals surface area contributed by atoms with Crippen molar-refractivity contribution < 1.29 is 9.84 Å². The number of phenols is 1. The Hall–Kier alpha value is -4.50. The van der Waals surface area contributed by atoms with Crippen LogP contribution >= 0.6 is 0 Å². The van der Waals surface area contributed by atoms with Crippen LogP contribution in [0.3, 0.4) is 0 Å². The number of phenolic OH excluding ortho intramolecular Hbond substituents is 1. The second-order valence-corrected chi connectivity index (χ2v) is 9.92. The molecule has 0 radical (unpaired) electrons. The van der Waals surface area contributed by atoms with Crippen LogP contribution in [0.2, 0.25) is 0 Å². The van der Waals surface area contributed by atoms with Crippen LogP contribution in [0.15, 0.2) is 79.5 Å². The van der Waals surface area contributed by atoms with Crippen LogP contribution < -0.4 is 9.64 Å². The Morgan fingerprint density at radius 2 is 1.79 bits per heavy atom. The molecule has 7 heterocycles. The number of para-hydroxylation sites is 1. The lowest BCUT2D eigenvalue weighted by atomic mass is 9.87. The third-order valence-corrected chi connectivity index (χ3v) is 7.69. The van der Waals surface area contributed by atoms with Crippen molar-refractivity contribution in [3.63, 3.8) is 0 Å². The van der Waals surface area contributed by atoms with E-state index in [0.717, 1.165) is 53.4 Å². The minimum atomic E-state index is 0.229. The number of nitrogens with zero attached hydrogens (tertiary/aromatic N) is 7. The van der Waals surface area contributed by atoms with Gasteiger partial charge in [0.2, 0.25) is 5.88 Å². The fourth-order valence-corrected chi connectivity index (χ4v) is 5.70. The van der Waals surface area contributed by atoms with Crippen molar-refractivity contribution in [3.8, 4) is 33.9 Å². The first-order valence-electron chi connectivity index (χ1n) is 12.7. The molecule has 1 aromatic carbocycles. The Bertz CT molecular complexity index is 1590. The van der Waals surface area contributed by atoms with Gasteiger partial charge in [-0.15, -0.1) is 0 Å². The summed E-state index contributed by atoms with van der Waals surface area (Å²) in [5.41, 5.74) is 5.45. The first kappa shape index (κ1) is 22.7. The van der Waals surface area contributed by atoms with Gasteiger partial charge in [-0.3, -0.25) is 4.90 Å². The molecule has 0 saturated carbocycles. The molecule has 3 aliphatic rings. The van der Waals surface area contributed by atoms with Gasteiger partial charge < -0.3 is 14.7 Å². The summed E-state index contributed by atoms with van der Waals surface area (Å²) < 4.78 is 6.93. The molecule has 3 aliphatic heterocycles. The number of benzene rings is 1. The van der Waals surface area contributed by atoms with Crippen molar-refractivity contribution >= 4 is 11.5 Å². The van der Waals surface area contributed by atoms with Crippen LogP contribution in [-0.4, -0.2) is 66.9 Å². The maximum absolute atomic E-state index is 10.4. The summed E-state index contributed by atoms with van der Waals surface area (Å²) in [6.45, 7) is 2.83. The van der Waals surface area contributed by atoms with Crippen molar-refractivity contribution in [3.05, 3.63) is 85.1 Å². The van der Waals surface area contributed by atoms with E-state index in [2.05, 4.69) is 43.1 Å². The van der Waals surface area contributed by atoms with Gasteiger partial charge in [-0.05, 0) is 36.2 Å². The van der Waals surface area contributed by atoms with E-state index in [0.29, 0.717) is 18.0 Å². The SMILES string of the molecule is COc1ccc(CN2C3CC2CN(c2ccc(-c4cc(-c5ccccc5O)cn5ncnc45)cn2)C3)cn1. The number of hydrogen-bond donors (Lipinski definition) is 1. The molecule has 190 valence electrons. The van der Waals surface area contributed by atoms with Crippen LogP contribution in [0.25, 0.3) is 27.9 Å². The Balaban J connectivity index is 1.10. The van der Waals surface area contributed by atoms with Gasteiger partial charge >= 0.3 is 0 Å². The number of aromatic hydroxyl groups is 1. The molecule has 9 heteroatoms. The van der Waals surface area contributed by atoms with Gasteiger partial charge in [0.05, 0.1) is 7.11 Å². The number of anilines is 1. The molecule has 2 bridgehead atoms. The normalized spacial score (nSPS) is 18.9. The van der Waals surface area contributed by atoms with Gasteiger partial charge in [0.15, 0.2) is 5.65 Å². The standard InChI is InChI=1S/C29H27N7O2/c1-38-28-9-6-19(12-31-28)14-35-22-11-23(35)17-34(16-22)27-8-7-20(13-30-27)25-10-21(15-36-29(25)32-18-33-36)24-4-2-3-5-26(24)37/h2-10,12-13,15,18,22-23,37H,11,14,16-17H2,1H3. The number of fused-ring (bicyclic) bond motifs is 3. The lowest BCUT2D eigenvalue weighted by Crippen LogP contribution is -2.68. The fraction of sp³-hybridized carbons (Fsp3) is 0.241. The van der Waals surface area contributed by atoms with Crippen LogP contribution in [0.5, 0.6) is 11.6 Å². The highest BCUT2D eigenvalue weighted by molar-refractivity contribution is 5.83. The van der Waals surface area contributed by atoms with Crippen molar-refractivity contribution in [2.75, 3.05) is 25.1 Å². The summed E-state index contributed by atoms with van der Waals surface area (Å²) in [5, 5.41) is 14.8. The summed E-state index contributed by atoms with van der Waals surface area (Å²) in [6.07, 6.45) is 8.47.